The molecule has 9 heteroatoms. The average molecular weight is 255 g/mol. The number of nitrogen functional groups attached to an aromatic ring is 1. The van der Waals surface area contributed by atoms with Gasteiger partial charge in [-0.2, -0.15) is 10.2 Å². The second-order valence-electron chi connectivity index (χ2n) is 3.15. The van der Waals surface area contributed by atoms with Gasteiger partial charge in [-0.05, 0) is 6.92 Å². The molecule has 3 N–H and O–H groups in total. The molecule has 0 fully saturated rings. The highest BCUT2D eigenvalue weighted by Gasteiger charge is 2.17. The van der Waals surface area contributed by atoms with Crippen molar-refractivity contribution in [3.05, 3.63) is 22.7 Å². The lowest BCUT2D eigenvalue weighted by Gasteiger charge is -2.04. The van der Waals surface area contributed by atoms with E-state index in [0.29, 0.717) is 5.69 Å². The van der Waals surface area contributed by atoms with Crippen LogP contribution >= 0.6 is 11.6 Å². The number of carboxylic acid groups (broad SMARTS) is 1. The van der Waals surface area contributed by atoms with E-state index >= 15 is 0 Å². The standard InChI is InChI=1S/C8H7ClN6O2/c1-3-2-11-15(14-3)7-5(9)12-4(8(16)17)6(10)13-7/h2H,1H3,(H2,10,13)(H,16,17). The van der Waals surface area contributed by atoms with Crippen molar-refractivity contribution < 1.29 is 9.90 Å². The maximum atomic E-state index is 10.7. The number of aromatic nitrogens is 5. The molecule has 0 bridgehead atoms. The summed E-state index contributed by atoms with van der Waals surface area (Å²) in [5.41, 5.74) is 5.71. The fourth-order valence-electron chi connectivity index (χ4n) is 1.14. The summed E-state index contributed by atoms with van der Waals surface area (Å²) in [6.45, 7) is 1.74. The summed E-state index contributed by atoms with van der Waals surface area (Å²) in [5.74, 6) is -1.46. The maximum Gasteiger partial charge on any atom is 0.358 e. The number of halogens is 1. The van der Waals surface area contributed by atoms with Gasteiger partial charge in [-0.1, -0.05) is 11.6 Å². The minimum atomic E-state index is -1.30. The van der Waals surface area contributed by atoms with Crippen LogP contribution in [0.15, 0.2) is 6.20 Å². The smallest absolute Gasteiger partial charge is 0.358 e. The van der Waals surface area contributed by atoms with Gasteiger partial charge in [0.25, 0.3) is 0 Å². The fourth-order valence-corrected chi connectivity index (χ4v) is 1.35. The molecule has 2 heterocycles. The largest absolute Gasteiger partial charge is 0.476 e. The van der Waals surface area contributed by atoms with Crippen molar-refractivity contribution in [2.45, 2.75) is 6.92 Å². The molecule has 0 saturated carbocycles. The molecule has 17 heavy (non-hydrogen) atoms. The molecule has 0 unspecified atom stereocenters. The van der Waals surface area contributed by atoms with Crippen molar-refractivity contribution in [3.63, 3.8) is 0 Å². The molecular weight excluding hydrogens is 248 g/mol. The molecule has 0 radical (unpaired) electrons. The summed E-state index contributed by atoms with van der Waals surface area (Å²) in [6.07, 6.45) is 1.50. The van der Waals surface area contributed by atoms with Crippen molar-refractivity contribution in [2.24, 2.45) is 0 Å². The number of carboxylic acids is 1. The van der Waals surface area contributed by atoms with Crippen LogP contribution in [0, 0.1) is 6.92 Å². The van der Waals surface area contributed by atoms with Gasteiger partial charge >= 0.3 is 5.97 Å². The summed E-state index contributed by atoms with van der Waals surface area (Å²) in [7, 11) is 0. The van der Waals surface area contributed by atoms with E-state index in [4.69, 9.17) is 22.4 Å². The molecule has 88 valence electrons. The molecule has 0 saturated heterocycles. The molecule has 2 aromatic rings. The number of nitrogens with zero attached hydrogens (tertiary/aromatic N) is 5. The van der Waals surface area contributed by atoms with Gasteiger partial charge in [-0.15, -0.1) is 4.80 Å². The zero-order chi connectivity index (χ0) is 12.6. The molecular formula is C8H7ClN6O2. The maximum absolute atomic E-state index is 10.7. The highest BCUT2D eigenvalue weighted by Crippen LogP contribution is 2.18. The first-order valence-electron chi connectivity index (χ1n) is 4.44. The van der Waals surface area contributed by atoms with Gasteiger partial charge in [0.15, 0.2) is 16.7 Å². The normalized spacial score (nSPS) is 10.5. The Morgan fingerprint density at radius 2 is 2.24 bits per heavy atom. The quantitative estimate of drug-likeness (QED) is 0.791. The number of carbonyl (C=O) groups is 1. The number of hydrogen-bond acceptors (Lipinski definition) is 6. The Labute approximate surface area is 100 Å². The Morgan fingerprint density at radius 3 is 2.76 bits per heavy atom. The van der Waals surface area contributed by atoms with Crippen LogP contribution in [0.4, 0.5) is 5.82 Å². The van der Waals surface area contributed by atoms with E-state index in [1.54, 1.807) is 6.92 Å². The summed E-state index contributed by atoms with van der Waals surface area (Å²) < 4.78 is 0. The average Bonchev–Trinajstić information content (AvgIpc) is 2.67. The van der Waals surface area contributed by atoms with Gasteiger partial charge in [-0.25, -0.2) is 14.8 Å². The first kappa shape index (κ1) is 11.3. The van der Waals surface area contributed by atoms with Gasteiger partial charge in [0.1, 0.15) is 0 Å². The van der Waals surface area contributed by atoms with Gasteiger partial charge < -0.3 is 10.8 Å². The highest BCUT2D eigenvalue weighted by atomic mass is 35.5. The molecule has 0 atom stereocenters. The van der Waals surface area contributed by atoms with E-state index in [9.17, 15) is 4.79 Å². The Hall–Kier alpha value is -2.22. The van der Waals surface area contributed by atoms with E-state index in [-0.39, 0.29) is 16.8 Å². The monoisotopic (exact) mass is 254 g/mol. The molecule has 0 amide bonds. The number of aromatic carboxylic acids is 1. The summed E-state index contributed by atoms with van der Waals surface area (Å²) in [5, 5.41) is 16.5. The molecule has 0 aromatic carbocycles. The molecule has 2 aromatic heterocycles. The first-order chi connectivity index (χ1) is 7.99. The molecule has 0 aliphatic heterocycles. The van der Waals surface area contributed by atoms with Crippen molar-refractivity contribution >= 4 is 23.4 Å². The Balaban J connectivity index is 2.57. The van der Waals surface area contributed by atoms with E-state index in [2.05, 4.69) is 20.2 Å². The minimum absolute atomic E-state index is 0.0854. The van der Waals surface area contributed by atoms with E-state index in [1.807, 2.05) is 0 Å². The van der Waals surface area contributed by atoms with Gasteiger partial charge in [0.05, 0.1) is 11.9 Å². The predicted octanol–water partition coefficient (Wildman–Crippen LogP) is 0.300. The van der Waals surface area contributed by atoms with Gasteiger partial charge in [0.2, 0.25) is 5.82 Å². The fraction of sp³-hybridized carbons (Fsp3) is 0.125. The van der Waals surface area contributed by atoms with Crippen LogP contribution in [0.2, 0.25) is 5.15 Å². The third-order valence-corrected chi connectivity index (χ3v) is 2.12. The number of hydrogen-bond donors (Lipinski definition) is 2. The topological polar surface area (TPSA) is 120 Å². The lowest BCUT2D eigenvalue weighted by atomic mass is 10.4. The molecule has 0 aliphatic rings. The van der Waals surface area contributed by atoms with Crippen molar-refractivity contribution in [3.8, 4) is 5.82 Å². The van der Waals surface area contributed by atoms with E-state index < -0.39 is 11.7 Å². The number of rotatable bonds is 2. The van der Waals surface area contributed by atoms with Crippen molar-refractivity contribution in [1.29, 1.82) is 0 Å². The molecule has 0 spiro atoms. The third kappa shape index (κ3) is 2.02. The molecule has 8 nitrogen and oxygen atoms in total. The van der Waals surface area contributed by atoms with Gasteiger partial charge in [0, 0.05) is 0 Å². The second-order valence-corrected chi connectivity index (χ2v) is 3.51. The summed E-state index contributed by atoms with van der Waals surface area (Å²) in [4.78, 5) is 19.3. The Morgan fingerprint density at radius 1 is 1.53 bits per heavy atom. The Kier molecular flexibility index (Phi) is 2.64. The van der Waals surface area contributed by atoms with Crippen LogP contribution in [0.3, 0.4) is 0 Å². The second kappa shape index (κ2) is 3.98. The zero-order valence-electron chi connectivity index (χ0n) is 8.62. The third-order valence-electron chi connectivity index (χ3n) is 1.86. The van der Waals surface area contributed by atoms with E-state index in [0.717, 1.165) is 4.80 Å². The van der Waals surface area contributed by atoms with Crippen LogP contribution in [0.5, 0.6) is 0 Å². The van der Waals surface area contributed by atoms with Gasteiger partial charge in [-0.3, -0.25) is 0 Å². The van der Waals surface area contributed by atoms with Crippen LogP contribution in [0.25, 0.3) is 5.82 Å². The van der Waals surface area contributed by atoms with Crippen molar-refractivity contribution in [2.75, 3.05) is 5.73 Å². The number of nitrogens with two attached hydrogens (primary N) is 1. The Bertz CT molecular complexity index is 596. The SMILES string of the molecule is Cc1cnn(-c2nc(N)c(C(=O)O)nc2Cl)n1. The van der Waals surface area contributed by atoms with Crippen LogP contribution in [-0.2, 0) is 0 Å². The molecule has 0 aliphatic carbocycles. The first-order valence-corrected chi connectivity index (χ1v) is 4.82. The lowest BCUT2D eigenvalue weighted by Crippen LogP contribution is -2.12. The lowest BCUT2D eigenvalue weighted by molar-refractivity contribution is 0.0691. The van der Waals surface area contributed by atoms with Crippen LogP contribution < -0.4 is 5.73 Å². The molecule has 2 rings (SSSR count). The van der Waals surface area contributed by atoms with Crippen molar-refractivity contribution in [1.82, 2.24) is 25.0 Å². The summed E-state index contributed by atoms with van der Waals surface area (Å²) in [6, 6.07) is 0. The van der Waals surface area contributed by atoms with Crippen LogP contribution in [-0.4, -0.2) is 36.0 Å². The number of aryl methyl sites for hydroxylation is 1. The highest BCUT2D eigenvalue weighted by molar-refractivity contribution is 6.31. The van der Waals surface area contributed by atoms with Crippen LogP contribution in [0.1, 0.15) is 16.2 Å². The minimum Gasteiger partial charge on any atom is -0.476 e. The predicted molar refractivity (Wildman–Crippen MR) is 58.1 cm³/mol. The van der Waals surface area contributed by atoms with E-state index in [1.165, 1.54) is 6.20 Å². The summed E-state index contributed by atoms with van der Waals surface area (Å²) >= 11 is 5.80. The zero-order valence-corrected chi connectivity index (χ0v) is 9.38. The number of anilines is 1.